The minimum Gasteiger partial charge on any atom is -0.373 e. The number of likely N-dealkylation sites (tertiary alicyclic amines) is 1. The fourth-order valence-corrected chi connectivity index (χ4v) is 6.98. The van der Waals surface area contributed by atoms with Crippen LogP contribution in [0.2, 0.25) is 0 Å². The molecule has 8 nitrogen and oxygen atoms in total. The molecule has 0 spiro atoms. The van der Waals surface area contributed by atoms with E-state index in [0.717, 1.165) is 68.6 Å². The maximum absolute atomic E-state index is 13.2. The standard InChI is InChI=1S/C20H31N5O3S/c1-14(26)25-11-6-9-18(25)20-22-17-13-24(12-10-16(17)19(21-2)23-20)29(27,28)15-7-4-3-5-8-15/h15,18H,3-13H2,1-2H3,(H,21,22,23)/t18-/m1/s1. The van der Waals surface area contributed by atoms with Crippen LogP contribution in [0.3, 0.4) is 0 Å². The van der Waals surface area contributed by atoms with Gasteiger partial charge in [0.25, 0.3) is 0 Å². The number of carbonyl (C=O) groups excluding carboxylic acids is 1. The Labute approximate surface area is 173 Å². The average Bonchev–Trinajstić information content (AvgIpc) is 3.23. The summed E-state index contributed by atoms with van der Waals surface area (Å²) in [6.07, 6.45) is 7.02. The number of carbonyl (C=O) groups is 1. The van der Waals surface area contributed by atoms with Gasteiger partial charge in [0.05, 0.1) is 23.5 Å². The predicted octanol–water partition coefficient (Wildman–Crippen LogP) is 2.22. The van der Waals surface area contributed by atoms with E-state index in [2.05, 4.69) is 5.32 Å². The van der Waals surface area contributed by atoms with Crippen LogP contribution in [-0.4, -0.2) is 58.9 Å². The fraction of sp³-hybridized carbons (Fsp3) is 0.750. The van der Waals surface area contributed by atoms with Crippen LogP contribution in [0.1, 0.15) is 75.0 Å². The number of nitrogens with zero attached hydrogens (tertiary/aromatic N) is 4. The van der Waals surface area contributed by atoms with Crippen molar-refractivity contribution in [1.82, 2.24) is 19.2 Å². The second kappa shape index (κ2) is 8.18. The largest absolute Gasteiger partial charge is 0.373 e. The van der Waals surface area contributed by atoms with Crippen molar-refractivity contribution in [2.24, 2.45) is 0 Å². The highest BCUT2D eigenvalue weighted by Gasteiger charge is 2.37. The lowest BCUT2D eigenvalue weighted by Crippen LogP contribution is -2.43. The van der Waals surface area contributed by atoms with Gasteiger partial charge in [-0.15, -0.1) is 0 Å². The number of anilines is 1. The number of nitrogens with one attached hydrogen (secondary N) is 1. The summed E-state index contributed by atoms with van der Waals surface area (Å²) >= 11 is 0. The molecule has 1 saturated heterocycles. The molecule has 3 aliphatic rings. The molecule has 1 aliphatic carbocycles. The second-order valence-electron chi connectivity index (χ2n) is 8.36. The van der Waals surface area contributed by atoms with Crippen LogP contribution in [0.25, 0.3) is 0 Å². The summed E-state index contributed by atoms with van der Waals surface area (Å²) in [5.41, 5.74) is 1.78. The highest BCUT2D eigenvalue weighted by atomic mass is 32.2. The van der Waals surface area contributed by atoms with Crippen molar-refractivity contribution >= 4 is 21.7 Å². The van der Waals surface area contributed by atoms with Gasteiger partial charge >= 0.3 is 0 Å². The van der Waals surface area contributed by atoms with Crippen molar-refractivity contribution in [3.8, 4) is 0 Å². The van der Waals surface area contributed by atoms with E-state index in [1.165, 1.54) is 0 Å². The number of hydrogen-bond acceptors (Lipinski definition) is 6. The number of rotatable bonds is 4. The zero-order valence-electron chi connectivity index (χ0n) is 17.4. The molecule has 1 N–H and O–H groups in total. The second-order valence-corrected chi connectivity index (χ2v) is 10.6. The molecule has 1 aromatic heterocycles. The van der Waals surface area contributed by atoms with E-state index in [1.807, 2.05) is 11.9 Å². The molecule has 2 fully saturated rings. The van der Waals surface area contributed by atoms with Crippen molar-refractivity contribution in [2.75, 3.05) is 25.5 Å². The number of sulfonamides is 1. The van der Waals surface area contributed by atoms with Crippen molar-refractivity contribution < 1.29 is 13.2 Å². The third-order valence-electron chi connectivity index (χ3n) is 6.57. The van der Waals surface area contributed by atoms with Gasteiger partial charge in [0.15, 0.2) is 5.82 Å². The van der Waals surface area contributed by atoms with Gasteiger partial charge in [-0.1, -0.05) is 19.3 Å². The lowest BCUT2D eigenvalue weighted by molar-refractivity contribution is -0.129. The molecule has 0 unspecified atom stereocenters. The summed E-state index contributed by atoms with van der Waals surface area (Å²) in [6.45, 7) is 3.07. The van der Waals surface area contributed by atoms with Crippen LogP contribution in [-0.2, 0) is 27.8 Å². The normalized spacial score (nSPS) is 23.8. The Morgan fingerprint density at radius 2 is 1.83 bits per heavy atom. The molecule has 0 aromatic carbocycles. The first-order valence-electron chi connectivity index (χ1n) is 10.8. The van der Waals surface area contributed by atoms with E-state index in [-0.39, 0.29) is 17.2 Å². The molecule has 0 radical (unpaired) electrons. The van der Waals surface area contributed by atoms with Crippen molar-refractivity contribution in [3.05, 3.63) is 17.1 Å². The summed E-state index contributed by atoms with van der Waals surface area (Å²) in [5.74, 6) is 1.41. The van der Waals surface area contributed by atoms with Crippen molar-refractivity contribution in [3.63, 3.8) is 0 Å². The van der Waals surface area contributed by atoms with Crippen LogP contribution < -0.4 is 5.32 Å². The lowest BCUT2D eigenvalue weighted by Gasteiger charge is -2.33. The molecule has 29 heavy (non-hydrogen) atoms. The fourth-order valence-electron chi connectivity index (χ4n) is 4.98. The Morgan fingerprint density at radius 1 is 1.07 bits per heavy atom. The van der Waals surface area contributed by atoms with Crippen LogP contribution in [0.4, 0.5) is 5.82 Å². The van der Waals surface area contributed by atoms with E-state index in [9.17, 15) is 13.2 Å². The molecule has 4 rings (SSSR count). The van der Waals surface area contributed by atoms with Gasteiger partial charge in [0.1, 0.15) is 5.82 Å². The summed E-state index contributed by atoms with van der Waals surface area (Å²) in [5, 5.41) is 2.90. The van der Waals surface area contributed by atoms with Gasteiger partial charge < -0.3 is 10.2 Å². The van der Waals surface area contributed by atoms with Gasteiger partial charge in [0.2, 0.25) is 15.9 Å². The molecule has 160 valence electrons. The van der Waals surface area contributed by atoms with Crippen LogP contribution in [0.15, 0.2) is 0 Å². The van der Waals surface area contributed by atoms with E-state index in [1.54, 1.807) is 11.2 Å². The molecule has 1 aromatic rings. The Morgan fingerprint density at radius 3 is 2.52 bits per heavy atom. The van der Waals surface area contributed by atoms with Crippen molar-refractivity contribution in [2.45, 2.75) is 76.1 Å². The monoisotopic (exact) mass is 421 g/mol. The number of fused-ring (bicyclic) bond motifs is 1. The van der Waals surface area contributed by atoms with E-state index < -0.39 is 10.0 Å². The van der Waals surface area contributed by atoms with E-state index in [0.29, 0.717) is 25.3 Å². The zero-order chi connectivity index (χ0) is 20.6. The minimum atomic E-state index is -3.32. The highest BCUT2D eigenvalue weighted by Crippen LogP contribution is 2.34. The molecule has 2 aliphatic heterocycles. The van der Waals surface area contributed by atoms with Gasteiger partial charge in [-0.2, -0.15) is 4.31 Å². The van der Waals surface area contributed by atoms with E-state index >= 15 is 0 Å². The van der Waals surface area contributed by atoms with Gasteiger partial charge in [-0.05, 0) is 32.1 Å². The Balaban J connectivity index is 1.64. The molecule has 1 atom stereocenters. The first-order valence-corrected chi connectivity index (χ1v) is 12.3. The third-order valence-corrected chi connectivity index (χ3v) is 8.92. The molecule has 0 bridgehead atoms. The van der Waals surface area contributed by atoms with Crippen LogP contribution in [0, 0.1) is 0 Å². The first-order chi connectivity index (χ1) is 13.9. The number of aromatic nitrogens is 2. The Kier molecular flexibility index (Phi) is 5.79. The number of hydrogen-bond donors (Lipinski definition) is 1. The first kappa shape index (κ1) is 20.5. The Bertz CT molecular complexity index is 882. The minimum absolute atomic E-state index is 0.0290. The summed E-state index contributed by atoms with van der Waals surface area (Å²) < 4.78 is 28.0. The summed E-state index contributed by atoms with van der Waals surface area (Å²) in [4.78, 5) is 23.3. The Hall–Kier alpha value is -1.74. The molecule has 1 amide bonds. The molecular weight excluding hydrogens is 390 g/mol. The molecule has 1 saturated carbocycles. The quantitative estimate of drug-likeness (QED) is 0.801. The zero-order valence-corrected chi connectivity index (χ0v) is 18.2. The van der Waals surface area contributed by atoms with Gasteiger partial charge in [0, 0.05) is 32.6 Å². The highest BCUT2D eigenvalue weighted by molar-refractivity contribution is 7.89. The number of amides is 1. The smallest absolute Gasteiger partial charge is 0.220 e. The van der Waals surface area contributed by atoms with Gasteiger partial charge in [-0.3, -0.25) is 4.79 Å². The van der Waals surface area contributed by atoms with Gasteiger partial charge in [-0.25, -0.2) is 18.4 Å². The topological polar surface area (TPSA) is 95.5 Å². The maximum atomic E-state index is 13.2. The maximum Gasteiger partial charge on any atom is 0.220 e. The predicted molar refractivity (Wildman–Crippen MR) is 111 cm³/mol. The van der Waals surface area contributed by atoms with E-state index in [4.69, 9.17) is 9.97 Å². The summed E-state index contributed by atoms with van der Waals surface area (Å²) in [6, 6.07) is -0.129. The SMILES string of the molecule is CNc1nc([C@H]2CCCN2C(C)=O)nc2c1CCN(S(=O)(=O)C1CCCCC1)C2. The molecule has 3 heterocycles. The van der Waals surface area contributed by atoms with Crippen LogP contribution in [0.5, 0.6) is 0 Å². The summed E-state index contributed by atoms with van der Waals surface area (Å²) in [7, 11) is -1.49. The molecular formula is C20H31N5O3S. The molecule has 9 heteroatoms. The average molecular weight is 422 g/mol. The third kappa shape index (κ3) is 3.86. The van der Waals surface area contributed by atoms with Crippen molar-refractivity contribution in [1.29, 1.82) is 0 Å². The van der Waals surface area contributed by atoms with Crippen LogP contribution >= 0.6 is 0 Å². The lowest BCUT2D eigenvalue weighted by atomic mass is 10.0.